The number of carbonyl (C=O) groups excluding carboxylic acids is 2. The highest BCUT2D eigenvalue weighted by molar-refractivity contribution is 6.39. The zero-order chi connectivity index (χ0) is 18.2. The van der Waals surface area contributed by atoms with Crippen molar-refractivity contribution in [2.24, 2.45) is 5.10 Å². The first-order chi connectivity index (χ1) is 12.0. The third-order valence-electron chi connectivity index (χ3n) is 3.08. The second-order valence-electron chi connectivity index (χ2n) is 4.78. The van der Waals surface area contributed by atoms with Crippen molar-refractivity contribution in [1.82, 2.24) is 5.43 Å². The van der Waals surface area contributed by atoms with E-state index in [-0.39, 0.29) is 11.3 Å². The number of carbonyl (C=O) groups is 3. The van der Waals surface area contributed by atoms with Crippen LogP contribution in [0.2, 0.25) is 0 Å². The molecular weight excluding hydrogens is 326 g/mol. The lowest BCUT2D eigenvalue weighted by atomic mass is 10.2. The Bertz CT molecular complexity index is 833. The van der Waals surface area contributed by atoms with Crippen LogP contribution in [0.4, 0.5) is 5.69 Å². The van der Waals surface area contributed by atoms with Gasteiger partial charge in [0.1, 0.15) is 5.75 Å². The number of nitrogens with one attached hydrogen (secondary N) is 2. The molecule has 2 rings (SSSR count). The molecule has 0 heterocycles. The fourth-order valence-corrected chi connectivity index (χ4v) is 1.90. The molecule has 0 saturated heterocycles. The predicted octanol–water partition coefficient (Wildman–Crippen LogP) is 1.48. The topological polar surface area (TPSA) is 117 Å². The molecule has 0 spiro atoms. The standard InChI is InChI=1S/C17H15N3O5/c1-25-14-8-3-2-5-12(14)10-18-20-16(22)15(21)19-13-7-4-6-11(9-13)17(23)24/h2-10H,1H3,(H,19,21)(H,20,22)(H,23,24)/b18-10-. The number of carboxylic acid groups (broad SMARTS) is 1. The molecule has 0 radical (unpaired) electrons. The third kappa shape index (κ3) is 4.90. The lowest BCUT2D eigenvalue weighted by molar-refractivity contribution is -0.136. The maximum atomic E-state index is 11.8. The van der Waals surface area contributed by atoms with E-state index in [0.717, 1.165) is 0 Å². The first kappa shape index (κ1) is 17.7. The number of nitrogens with zero attached hydrogens (tertiary/aromatic N) is 1. The molecule has 0 bridgehead atoms. The Morgan fingerprint density at radius 1 is 1.08 bits per heavy atom. The van der Waals surface area contributed by atoms with E-state index in [0.29, 0.717) is 11.3 Å². The molecule has 2 aromatic rings. The number of aromatic carboxylic acids is 1. The Kier molecular flexibility index (Phi) is 5.83. The van der Waals surface area contributed by atoms with Crippen molar-refractivity contribution in [2.75, 3.05) is 12.4 Å². The number of methoxy groups -OCH3 is 1. The lowest BCUT2D eigenvalue weighted by Crippen LogP contribution is -2.32. The van der Waals surface area contributed by atoms with Crippen LogP contribution >= 0.6 is 0 Å². The summed E-state index contributed by atoms with van der Waals surface area (Å²) in [4.78, 5) is 34.4. The van der Waals surface area contributed by atoms with Crippen molar-refractivity contribution in [3.63, 3.8) is 0 Å². The number of carboxylic acids is 1. The monoisotopic (exact) mass is 341 g/mol. The Balaban J connectivity index is 1.96. The largest absolute Gasteiger partial charge is 0.496 e. The molecule has 0 atom stereocenters. The van der Waals surface area contributed by atoms with Gasteiger partial charge in [-0.15, -0.1) is 0 Å². The van der Waals surface area contributed by atoms with Gasteiger partial charge in [0, 0.05) is 11.3 Å². The van der Waals surface area contributed by atoms with E-state index in [2.05, 4.69) is 15.8 Å². The minimum Gasteiger partial charge on any atom is -0.496 e. The quantitative estimate of drug-likeness (QED) is 0.433. The minimum absolute atomic E-state index is 0.00704. The summed E-state index contributed by atoms with van der Waals surface area (Å²) in [5, 5.41) is 14.9. The summed E-state index contributed by atoms with van der Waals surface area (Å²) >= 11 is 0. The fourth-order valence-electron chi connectivity index (χ4n) is 1.90. The van der Waals surface area contributed by atoms with Crippen LogP contribution in [-0.4, -0.2) is 36.2 Å². The van der Waals surface area contributed by atoms with E-state index in [9.17, 15) is 14.4 Å². The number of benzene rings is 2. The lowest BCUT2D eigenvalue weighted by Gasteiger charge is -2.05. The average molecular weight is 341 g/mol. The molecule has 8 nitrogen and oxygen atoms in total. The van der Waals surface area contributed by atoms with Gasteiger partial charge in [0.25, 0.3) is 0 Å². The molecule has 0 aromatic heterocycles. The Morgan fingerprint density at radius 2 is 1.84 bits per heavy atom. The number of ether oxygens (including phenoxy) is 1. The summed E-state index contributed by atoms with van der Waals surface area (Å²) in [5.41, 5.74) is 2.89. The average Bonchev–Trinajstić information content (AvgIpc) is 2.62. The molecule has 0 unspecified atom stereocenters. The van der Waals surface area contributed by atoms with Gasteiger partial charge in [-0.25, -0.2) is 10.2 Å². The minimum atomic E-state index is -1.14. The molecule has 3 N–H and O–H groups in total. The second-order valence-corrected chi connectivity index (χ2v) is 4.78. The van der Waals surface area contributed by atoms with E-state index >= 15 is 0 Å². The van der Waals surface area contributed by atoms with Crippen molar-refractivity contribution in [1.29, 1.82) is 0 Å². The van der Waals surface area contributed by atoms with Crippen LogP contribution in [0.1, 0.15) is 15.9 Å². The Hall–Kier alpha value is -3.68. The highest BCUT2D eigenvalue weighted by atomic mass is 16.5. The van der Waals surface area contributed by atoms with Crippen LogP contribution in [0, 0.1) is 0 Å². The van der Waals surface area contributed by atoms with Gasteiger partial charge >= 0.3 is 17.8 Å². The van der Waals surface area contributed by atoms with Crippen molar-refractivity contribution in [3.8, 4) is 5.75 Å². The molecule has 0 aliphatic rings. The van der Waals surface area contributed by atoms with E-state index < -0.39 is 17.8 Å². The van der Waals surface area contributed by atoms with Gasteiger partial charge in [-0.2, -0.15) is 5.10 Å². The zero-order valence-electron chi connectivity index (χ0n) is 13.2. The van der Waals surface area contributed by atoms with Gasteiger partial charge in [0.05, 0.1) is 18.9 Å². The van der Waals surface area contributed by atoms with Gasteiger partial charge < -0.3 is 15.2 Å². The van der Waals surface area contributed by atoms with Crippen molar-refractivity contribution in [3.05, 3.63) is 59.7 Å². The highest BCUT2D eigenvalue weighted by Gasteiger charge is 2.13. The first-order valence-electron chi connectivity index (χ1n) is 7.12. The number of rotatable bonds is 5. The summed E-state index contributed by atoms with van der Waals surface area (Å²) in [6.07, 6.45) is 1.34. The maximum absolute atomic E-state index is 11.8. The Labute approximate surface area is 143 Å². The zero-order valence-corrected chi connectivity index (χ0v) is 13.2. The van der Waals surface area contributed by atoms with E-state index in [1.165, 1.54) is 37.6 Å². The number of hydrazone groups is 1. The molecule has 8 heteroatoms. The van der Waals surface area contributed by atoms with Crippen molar-refractivity contribution >= 4 is 29.7 Å². The SMILES string of the molecule is COc1ccccc1/C=N\NC(=O)C(=O)Nc1cccc(C(=O)O)c1. The smallest absolute Gasteiger partial charge is 0.335 e. The molecule has 25 heavy (non-hydrogen) atoms. The van der Waals surface area contributed by atoms with E-state index in [4.69, 9.17) is 9.84 Å². The van der Waals surface area contributed by atoms with Crippen LogP contribution < -0.4 is 15.5 Å². The molecule has 0 aliphatic carbocycles. The summed E-state index contributed by atoms with van der Waals surface area (Å²) < 4.78 is 5.13. The van der Waals surface area contributed by atoms with Crippen molar-refractivity contribution in [2.45, 2.75) is 0 Å². The molecule has 0 saturated carbocycles. The van der Waals surface area contributed by atoms with Crippen LogP contribution in [0.5, 0.6) is 5.75 Å². The summed E-state index contributed by atoms with van der Waals surface area (Å²) in [6.45, 7) is 0. The second kappa shape index (κ2) is 8.25. The van der Waals surface area contributed by atoms with Crippen molar-refractivity contribution < 1.29 is 24.2 Å². The van der Waals surface area contributed by atoms with Crippen LogP contribution in [0.25, 0.3) is 0 Å². The normalized spacial score (nSPS) is 10.3. The third-order valence-corrected chi connectivity index (χ3v) is 3.08. The maximum Gasteiger partial charge on any atom is 0.335 e. The van der Waals surface area contributed by atoms with Crippen LogP contribution in [0.3, 0.4) is 0 Å². The van der Waals surface area contributed by atoms with E-state index in [1.807, 2.05) is 0 Å². The summed E-state index contributed by atoms with van der Waals surface area (Å²) in [7, 11) is 1.50. The molecule has 0 fully saturated rings. The van der Waals surface area contributed by atoms with Crippen LogP contribution in [-0.2, 0) is 9.59 Å². The first-order valence-corrected chi connectivity index (χ1v) is 7.12. The molecule has 2 amide bonds. The van der Waals surface area contributed by atoms with Gasteiger partial charge in [-0.05, 0) is 30.3 Å². The highest BCUT2D eigenvalue weighted by Crippen LogP contribution is 2.14. The number of amides is 2. The molecular formula is C17H15N3O5. The summed E-state index contributed by atoms with van der Waals surface area (Å²) in [5.74, 6) is -2.54. The van der Waals surface area contributed by atoms with Gasteiger partial charge in [0.15, 0.2) is 0 Å². The van der Waals surface area contributed by atoms with Crippen LogP contribution in [0.15, 0.2) is 53.6 Å². The van der Waals surface area contributed by atoms with Gasteiger partial charge in [-0.1, -0.05) is 18.2 Å². The number of para-hydroxylation sites is 1. The van der Waals surface area contributed by atoms with Gasteiger partial charge in [-0.3, -0.25) is 9.59 Å². The number of hydrogen-bond acceptors (Lipinski definition) is 5. The number of hydrogen-bond donors (Lipinski definition) is 3. The molecule has 2 aromatic carbocycles. The molecule has 0 aliphatic heterocycles. The fraction of sp³-hybridized carbons (Fsp3) is 0.0588. The number of anilines is 1. The molecule has 128 valence electrons. The summed E-state index contributed by atoms with van der Waals surface area (Å²) in [6, 6.07) is 12.5. The Morgan fingerprint density at radius 3 is 2.56 bits per heavy atom. The predicted molar refractivity (Wildman–Crippen MR) is 90.8 cm³/mol. The van der Waals surface area contributed by atoms with E-state index in [1.54, 1.807) is 24.3 Å². The van der Waals surface area contributed by atoms with Gasteiger partial charge in [0.2, 0.25) is 0 Å².